The van der Waals surface area contributed by atoms with Crippen molar-refractivity contribution in [2.75, 3.05) is 0 Å². The monoisotopic (exact) mass is 377 g/mol. The number of hydrogen-bond donors (Lipinski definition) is 0. The number of aromatic nitrogens is 5. The van der Waals surface area contributed by atoms with Gasteiger partial charge >= 0.3 is 6.18 Å². The fraction of sp³-hybridized carbons (Fsp3) is 0.176. The van der Waals surface area contributed by atoms with Gasteiger partial charge in [-0.05, 0) is 19.1 Å². The molecule has 0 unspecified atom stereocenters. The molecule has 0 aliphatic carbocycles. The van der Waals surface area contributed by atoms with Crippen LogP contribution in [0.15, 0.2) is 41.2 Å². The molecule has 138 valence electrons. The first-order valence-corrected chi connectivity index (χ1v) is 7.80. The van der Waals surface area contributed by atoms with Gasteiger partial charge in [0.05, 0.1) is 17.3 Å². The largest absolute Gasteiger partial charge is 0.419 e. The molecule has 0 saturated heterocycles. The molecule has 0 atom stereocenters. The summed E-state index contributed by atoms with van der Waals surface area (Å²) in [5.74, 6) is -0.566. The van der Waals surface area contributed by atoms with Crippen LogP contribution in [0.1, 0.15) is 17.3 Å². The standard InChI is InChI=1S/C17H11F4N5O/c1-9-24-15(27-25-9)8-26-14-5-10(6-22-13(14)7-23-26)11-3-2-4-12(16(11)18)17(19,20)21/h2-7H,8H2,1H3. The maximum Gasteiger partial charge on any atom is 0.419 e. The Kier molecular flexibility index (Phi) is 3.90. The second-order valence-corrected chi connectivity index (χ2v) is 5.83. The van der Waals surface area contributed by atoms with Crippen molar-refractivity contribution >= 4 is 11.0 Å². The highest BCUT2D eigenvalue weighted by atomic mass is 19.4. The summed E-state index contributed by atoms with van der Waals surface area (Å²) in [6.45, 7) is 1.82. The van der Waals surface area contributed by atoms with Gasteiger partial charge in [0.1, 0.15) is 17.9 Å². The number of aryl methyl sites for hydroxylation is 1. The summed E-state index contributed by atoms with van der Waals surface area (Å²) in [6.07, 6.45) is -1.98. The van der Waals surface area contributed by atoms with Crippen LogP contribution >= 0.6 is 0 Å². The molecule has 0 amide bonds. The van der Waals surface area contributed by atoms with E-state index in [1.807, 2.05) is 0 Å². The summed E-state index contributed by atoms with van der Waals surface area (Å²) in [7, 11) is 0. The molecule has 0 aliphatic rings. The van der Waals surface area contributed by atoms with Crippen LogP contribution in [-0.2, 0) is 12.7 Å². The van der Waals surface area contributed by atoms with Crippen LogP contribution in [-0.4, -0.2) is 24.9 Å². The third-order valence-electron chi connectivity index (χ3n) is 3.96. The maximum atomic E-state index is 14.4. The molecule has 0 bridgehead atoms. The molecular weight excluding hydrogens is 366 g/mol. The van der Waals surface area contributed by atoms with Crippen LogP contribution in [0.25, 0.3) is 22.2 Å². The van der Waals surface area contributed by atoms with E-state index in [-0.39, 0.29) is 17.7 Å². The quantitative estimate of drug-likeness (QED) is 0.505. The summed E-state index contributed by atoms with van der Waals surface area (Å²) in [5, 5.41) is 7.85. The Labute approximate surface area is 149 Å². The second-order valence-electron chi connectivity index (χ2n) is 5.83. The van der Waals surface area contributed by atoms with E-state index in [0.29, 0.717) is 28.8 Å². The predicted octanol–water partition coefficient (Wildman–Crippen LogP) is 4.00. The Morgan fingerprint density at radius 3 is 2.70 bits per heavy atom. The highest BCUT2D eigenvalue weighted by Gasteiger charge is 2.35. The molecule has 0 N–H and O–H groups in total. The van der Waals surface area contributed by atoms with E-state index in [0.717, 1.165) is 6.07 Å². The average Bonchev–Trinajstić information content (AvgIpc) is 3.20. The molecule has 0 aliphatic heterocycles. The van der Waals surface area contributed by atoms with Gasteiger partial charge in [-0.25, -0.2) is 4.39 Å². The van der Waals surface area contributed by atoms with E-state index in [9.17, 15) is 17.6 Å². The lowest BCUT2D eigenvalue weighted by atomic mass is 10.0. The smallest absolute Gasteiger partial charge is 0.337 e. The van der Waals surface area contributed by atoms with Crippen molar-refractivity contribution in [1.29, 1.82) is 0 Å². The Bertz CT molecular complexity index is 1130. The molecule has 0 saturated carbocycles. The van der Waals surface area contributed by atoms with Crippen molar-refractivity contribution in [2.45, 2.75) is 19.6 Å². The molecule has 1 aromatic carbocycles. The number of alkyl halides is 3. The Hall–Kier alpha value is -3.30. The molecule has 0 spiro atoms. The summed E-state index contributed by atoms with van der Waals surface area (Å²) >= 11 is 0. The maximum absolute atomic E-state index is 14.4. The van der Waals surface area contributed by atoms with E-state index < -0.39 is 17.6 Å². The van der Waals surface area contributed by atoms with Gasteiger partial charge in [0.25, 0.3) is 0 Å². The van der Waals surface area contributed by atoms with E-state index in [2.05, 4.69) is 20.2 Å². The van der Waals surface area contributed by atoms with Crippen LogP contribution in [0, 0.1) is 12.7 Å². The zero-order chi connectivity index (χ0) is 19.2. The zero-order valence-electron chi connectivity index (χ0n) is 13.8. The van der Waals surface area contributed by atoms with Crippen LogP contribution in [0.4, 0.5) is 17.6 Å². The highest BCUT2D eigenvalue weighted by molar-refractivity contribution is 5.80. The lowest BCUT2D eigenvalue weighted by molar-refractivity contribution is -0.139. The number of hydrogen-bond acceptors (Lipinski definition) is 5. The van der Waals surface area contributed by atoms with Crippen molar-refractivity contribution in [3.05, 3.63) is 59.8 Å². The molecule has 27 heavy (non-hydrogen) atoms. The van der Waals surface area contributed by atoms with Gasteiger partial charge in [0.2, 0.25) is 5.89 Å². The third kappa shape index (κ3) is 3.14. The first-order chi connectivity index (χ1) is 12.8. The van der Waals surface area contributed by atoms with Crippen molar-refractivity contribution in [2.24, 2.45) is 0 Å². The first-order valence-electron chi connectivity index (χ1n) is 7.80. The Morgan fingerprint density at radius 1 is 1.19 bits per heavy atom. The summed E-state index contributed by atoms with van der Waals surface area (Å²) in [4.78, 5) is 8.24. The second kappa shape index (κ2) is 6.15. The van der Waals surface area contributed by atoms with Crippen molar-refractivity contribution in [3.63, 3.8) is 0 Å². The summed E-state index contributed by atoms with van der Waals surface area (Å²) in [6, 6.07) is 4.66. The van der Waals surface area contributed by atoms with Crippen molar-refractivity contribution in [1.82, 2.24) is 24.9 Å². The van der Waals surface area contributed by atoms with Gasteiger partial charge < -0.3 is 4.52 Å². The number of rotatable bonds is 3. The van der Waals surface area contributed by atoms with Gasteiger partial charge in [-0.3, -0.25) is 9.67 Å². The minimum Gasteiger partial charge on any atom is -0.337 e. The molecule has 0 fully saturated rings. The molecule has 10 heteroatoms. The topological polar surface area (TPSA) is 69.6 Å². The molecule has 0 radical (unpaired) electrons. The minimum atomic E-state index is -4.78. The van der Waals surface area contributed by atoms with Crippen molar-refractivity contribution in [3.8, 4) is 11.1 Å². The van der Waals surface area contributed by atoms with Gasteiger partial charge in [0, 0.05) is 17.3 Å². The molecular formula is C17H11F4N5O. The van der Waals surface area contributed by atoms with Gasteiger partial charge in [-0.1, -0.05) is 17.3 Å². The van der Waals surface area contributed by atoms with E-state index in [1.165, 1.54) is 29.2 Å². The molecule has 6 nitrogen and oxygen atoms in total. The summed E-state index contributed by atoms with van der Waals surface area (Å²) in [5.41, 5.74) is -0.312. The van der Waals surface area contributed by atoms with Crippen LogP contribution in [0.5, 0.6) is 0 Å². The average molecular weight is 377 g/mol. The SMILES string of the molecule is Cc1noc(Cn2ncc3ncc(-c4cccc(C(F)(F)F)c4F)cc32)n1. The minimum absolute atomic E-state index is 0.153. The normalized spacial score (nSPS) is 12.0. The van der Waals surface area contributed by atoms with Gasteiger partial charge in [-0.15, -0.1) is 0 Å². The van der Waals surface area contributed by atoms with Gasteiger partial charge in [0.15, 0.2) is 5.82 Å². The molecule has 4 rings (SSSR count). The number of benzene rings is 1. The lowest BCUT2D eigenvalue weighted by Gasteiger charge is -2.11. The fourth-order valence-corrected chi connectivity index (χ4v) is 2.74. The van der Waals surface area contributed by atoms with Crippen LogP contribution in [0.2, 0.25) is 0 Å². The van der Waals surface area contributed by atoms with E-state index >= 15 is 0 Å². The zero-order valence-corrected chi connectivity index (χ0v) is 13.8. The number of nitrogens with zero attached hydrogens (tertiary/aromatic N) is 5. The first kappa shape index (κ1) is 17.1. The number of halogens is 4. The molecule has 3 heterocycles. The molecule has 4 aromatic rings. The van der Waals surface area contributed by atoms with Crippen LogP contribution < -0.4 is 0 Å². The molecule has 3 aromatic heterocycles. The third-order valence-corrected chi connectivity index (χ3v) is 3.96. The van der Waals surface area contributed by atoms with Crippen molar-refractivity contribution < 1.29 is 22.1 Å². The fourth-order valence-electron chi connectivity index (χ4n) is 2.74. The number of pyridine rings is 1. The Balaban J connectivity index is 1.79. The summed E-state index contributed by atoms with van der Waals surface area (Å²) < 4.78 is 59.9. The number of fused-ring (bicyclic) bond motifs is 1. The van der Waals surface area contributed by atoms with E-state index in [4.69, 9.17) is 4.52 Å². The van der Waals surface area contributed by atoms with Crippen LogP contribution in [0.3, 0.4) is 0 Å². The van der Waals surface area contributed by atoms with Gasteiger partial charge in [-0.2, -0.15) is 23.3 Å². The lowest BCUT2D eigenvalue weighted by Crippen LogP contribution is -2.08. The van der Waals surface area contributed by atoms with E-state index in [1.54, 1.807) is 6.92 Å². The highest BCUT2D eigenvalue weighted by Crippen LogP contribution is 2.35. The Morgan fingerprint density at radius 2 is 2.00 bits per heavy atom. The predicted molar refractivity (Wildman–Crippen MR) is 86.1 cm³/mol.